The second-order valence-corrected chi connectivity index (χ2v) is 4.70. The van der Waals surface area contributed by atoms with E-state index in [0.717, 1.165) is 0 Å². The lowest BCUT2D eigenvalue weighted by Crippen LogP contribution is -2.02. The Morgan fingerprint density at radius 2 is 2.10 bits per heavy atom. The summed E-state index contributed by atoms with van der Waals surface area (Å²) >= 11 is 3.29. The number of rotatable bonds is 6. The number of carboxylic acids is 1. The number of carbonyl (C=O) groups is 1. The molecule has 0 bridgehead atoms. The van der Waals surface area contributed by atoms with Gasteiger partial charge in [0.2, 0.25) is 5.70 Å². The molecule has 0 saturated heterocycles. The summed E-state index contributed by atoms with van der Waals surface area (Å²) in [5.74, 6) is -1.18. The number of azo groups is 1. The summed E-state index contributed by atoms with van der Waals surface area (Å²) in [7, 11) is 1.47. The van der Waals surface area contributed by atoms with Crippen LogP contribution < -0.4 is 4.74 Å². The number of aliphatic hydroxyl groups is 1. The molecule has 0 heterocycles. The molecule has 20 heavy (non-hydrogen) atoms. The highest BCUT2D eigenvalue weighted by Gasteiger charge is 2.14. The molecule has 0 aliphatic heterocycles. The van der Waals surface area contributed by atoms with E-state index in [1.807, 2.05) is 6.92 Å². The third kappa shape index (κ3) is 4.06. The molecule has 7 heteroatoms. The smallest absolute Gasteiger partial charge is 0.359 e. The van der Waals surface area contributed by atoms with Crippen LogP contribution in [0.15, 0.2) is 44.4 Å². The Labute approximate surface area is 124 Å². The fourth-order valence-corrected chi connectivity index (χ4v) is 1.98. The van der Waals surface area contributed by atoms with Gasteiger partial charge < -0.3 is 14.9 Å². The van der Waals surface area contributed by atoms with Gasteiger partial charge in [0, 0.05) is 6.42 Å². The number of para-hydroxylation sites is 1. The van der Waals surface area contributed by atoms with Crippen LogP contribution >= 0.6 is 15.9 Å². The van der Waals surface area contributed by atoms with E-state index in [1.54, 1.807) is 18.2 Å². The Balaban J connectivity index is 3.15. The molecule has 6 nitrogen and oxygen atoms in total. The van der Waals surface area contributed by atoms with Crippen molar-refractivity contribution in [2.24, 2.45) is 10.2 Å². The van der Waals surface area contributed by atoms with Crippen LogP contribution in [0, 0.1) is 0 Å². The molecule has 108 valence electrons. The van der Waals surface area contributed by atoms with Gasteiger partial charge in [-0.15, -0.1) is 10.2 Å². The number of aliphatic hydroxyl groups excluding tert-OH is 1. The van der Waals surface area contributed by atoms with Gasteiger partial charge in [-0.25, -0.2) is 4.79 Å². The first-order valence-corrected chi connectivity index (χ1v) is 6.70. The van der Waals surface area contributed by atoms with Gasteiger partial charge in [-0.3, -0.25) is 0 Å². The third-order valence-electron chi connectivity index (χ3n) is 2.37. The average molecular weight is 343 g/mol. The van der Waals surface area contributed by atoms with Gasteiger partial charge >= 0.3 is 5.97 Å². The third-order valence-corrected chi connectivity index (χ3v) is 3.00. The van der Waals surface area contributed by atoms with Crippen LogP contribution in [0.3, 0.4) is 0 Å². The Morgan fingerprint density at radius 1 is 1.40 bits per heavy atom. The zero-order valence-corrected chi connectivity index (χ0v) is 12.7. The Morgan fingerprint density at radius 3 is 2.65 bits per heavy atom. The molecule has 0 aliphatic rings. The summed E-state index contributed by atoms with van der Waals surface area (Å²) in [5.41, 5.74) is -0.0983. The largest absolute Gasteiger partial charge is 0.510 e. The number of ether oxygens (including phenoxy) is 1. The molecular formula is C13H15BrN2O4. The number of hydrogen-bond donors (Lipinski definition) is 2. The summed E-state index contributed by atoms with van der Waals surface area (Å²) in [4.78, 5) is 11.0. The number of allylic oxidation sites excluding steroid dienone is 1. The molecule has 0 fully saturated rings. The number of carboxylic acid groups (broad SMARTS) is 1. The van der Waals surface area contributed by atoms with E-state index >= 15 is 0 Å². The van der Waals surface area contributed by atoms with Crippen LogP contribution in [0.1, 0.15) is 19.8 Å². The summed E-state index contributed by atoms with van der Waals surface area (Å²) < 4.78 is 5.83. The molecule has 1 aromatic rings. The normalized spacial score (nSPS) is 12.3. The maximum Gasteiger partial charge on any atom is 0.359 e. The molecule has 1 aromatic carbocycles. The predicted molar refractivity (Wildman–Crippen MR) is 77.4 cm³/mol. The Bertz CT molecular complexity index is 555. The van der Waals surface area contributed by atoms with Crippen molar-refractivity contribution >= 4 is 27.6 Å². The van der Waals surface area contributed by atoms with Crippen molar-refractivity contribution in [2.75, 3.05) is 7.11 Å². The van der Waals surface area contributed by atoms with E-state index in [2.05, 4.69) is 26.2 Å². The zero-order chi connectivity index (χ0) is 15.1. The zero-order valence-electron chi connectivity index (χ0n) is 11.1. The van der Waals surface area contributed by atoms with E-state index in [0.29, 0.717) is 22.3 Å². The molecule has 0 radical (unpaired) electrons. The van der Waals surface area contributed by atoms with E-state index in [-0.39, 0.29) is 12.2 Å². The quantitative estimate of drug-likeness (QED) is 0.460. The minimum Gasteiger partial charge on any atom is -0.510 e. The average Bonchev–Trinajstić information content (AvgIpc) is 2.39. The second-order valence-electron chi connectivity index (χ2n) is 3.84. The van der Waals surface area contributed by atoms with E-state index < -0.39 is 11.7 Å². The lowest BCUT2D eigenvalue weighted by Gasteiger charge is -2.05. The maximum atomic E-state index is 11.0. The van der Waals surface area contributed by atoms with Crippen molar-refractivity contribution in [1.82, 2.24) is 0 Å². The van der Waals surface area contributed by atoms with E-state index in [4.69, 9.17) is 9.84 Å². The van der Waals surface area contributed by atoms with Crippen LogP contribution in [0.4, 0.5) is 5.69 Å². The first kappa shape index (κ1) is 16.2. The first-order chi connectivity index (χ1) is 9.51. The summed E-state index contributed by atoms with van der Waals surface area (Å²) in [5, 5.41) is 26.1. The van der Waals surface area contributed by atoms with Crippen molar-refractivity contribution in [3.05, 3.63) is 34.1 Å². The van der Waals surface area contributed by atoms with E-state index in [9.17, 15) is 9.90 Å². The fourth-order valence-electron chi connectivity index (χ4n) is 1.46. The molecule has 0 atom stereocenters. The molecule has 0 spiro atoms. The Kier molecular flexibility index (Phi) is 6.17. The van der Waals surface area contributed by atoms with Gasteiger partial charge in [-0.2, -0.15) is 0 Å². The van der Waals surface area contributed by atoms with Crippen molar-refractivity contribution in [1.29, 1.82) is 0 Å². The van der Waals surface area contributed by atoms with Crippen molar-refractivity contribution in [3.63, 3.8) is 0 Å². The molecule has 0 amide bonds. The highest BCUT2D eigenvalue weighted by molar-refractivity contribution is 9.10. The molecule has 2 N–H and O–H groups in total. The summed E-state index contributed by atoms with van der Waals surface area (Å²) in [6.45, 7) is 1.82. The second kappa shape index (κ2) is 7.64. The number of halogens is 1. The van der Waals surface area contributed by atoms with Gasteiger partial charge in [0.1, 0.15) is 11.4 Å². The highest BCUT2D eigenvalue weighted by atomic mass is 79.9. The van der Waals surface area contributed by atoms with Crippen LogP contribution in [0.5, 0.6) is 5.75 Å². The lowest BCUT2D eigenvalue weighted by molar-refractivity contribution is -0.133. The highest BCUT2D eigenvalue weighted by Crippen LogP contribution is 2.35. The number of hydrogen-bond acceptors (Lipinski definition) is 5. The monoisotopic (exact) mass is 342 g/mol. The van der Waals surface area contributed by atoms with Crippen LogP contribution in [0.25, 0.3) is 0 Å². The molecule has 0 aromatic heterocycles. The Hall–Kier alpha value is -1.89. The van der Waals surface area contributed by atoms with Gasteiger partial charge in [0.05, 0.1) is 11.6 Å². The van der Waals surface area contributed by atoms with E-state index in [1.165, 1.54) is 7.11 Å². The molecule has 0 aliphatic carbocycles. The molecule has 1 rings (SSSR count). The van der Waals surface area contributed by atoms with Gasteiger partial charge in [-0.1, -0.05) is 13.0 Å². The number of nitrogens with zero attached hydrogens (tertiary/aromatic N) is 2. The minimum absolute atomic E-state index is 0.232. The predicted octanol–water partition coefficient (Wildman–Crippen LogP) is 4.20. The molecular weight excluding hydrogens is 328 g/mol. The summed E-state index contributed by atoms with van der Waals surface area (Å²) in [6.07, 6.45) is 0.842. The molecule has 0 saturated carbocycles. The van der Waals surface area contributed by atoms with Gasteiger partial charge in [0.15, 0.2) is 5.75 Å². The number of aliphatic carboxylic acids is 1. The van der Waals surface area contributed by atoms with Crippen molar-refractivity contribution in [2.45, 2.75) is 19.8 Å². The SMILES string of the molecule is CCCC(O)=C(N=Nc1cccc(Br)c1OC)C(=O)O. The van der Waals surface area contributed by atoms with Crippen molar-refractivity contribution < 1.29 is 19.7 Å². The number of benzene rings is 1. The maximum absolute atomic E-state index is 11.0. The van der Waals surface area contributed by atoms with Crippen LogP contribution in [0.2, 0.25) is 0 Å². The lowest BCUT2D eigenvalue weighted by atomic mass is 10.2. The first-order valence-electron chi connectivity index (χ1n) is 5.90. The fraction of sp³-hybridized carbons (Fsp3) is 0.308. The van der Waals surface area contributed by atoms with Crippen LogP contribution in [-0.2, 0) is 4.79 Å². The molecule has 0 unspecified atom stereocenters. The standard InChI is InChI=1S/C13H15BrN2O4/c1-3-5-10(17)11(13(18)19)16-15-9-7-4-6-8(14)12(9)20-2/h4,6-7,17H,3,5H2,1-2H3,(H,18,19). The minimum atomic E-state index is -1.33. The van der Waals surface area contributed by atoms with Crippen molar-refractivity contribution in [3.8, 4) is 5.75 Å². The number of methoxy groups -OCH3 is 1. The summed E-state index contributed by atoms with van der Waals surface area (Å²) in [6, 6.07) is 5.11. The van der Waals surface area contributed by atoms with Gasteiger partial charge in [0.25, 0.3) is 0 Å². The van der Waals surface area contributed by atoms with Crippen LogP contribution in [-0.4, -0.2) is 23.3 Å². The van der Waals surface area contributed by atoms with Gasteiger partial charge in [-0.05, 0) is 34.5 Å². The topological polar surface area (TPSA) is 91.5 Å².